The minimum atomic E-state index is 0.162. The number of rotatable bonds is 0. The molecular weight excluding hydrogens is 150 g/mol. The van der Waals surface area contributed by atoms with Gasteiger partial charge in [0.05, 0.1) is 0 Å². The van der Waals surface area contributed by atoms with Crippen LogP contribution in [0.15, 0.2) is 23.4 Å². The standard InChI is InChI=1S/C10H13NO/c1-7-6-8-4-2-3-5-9(8)11-10(7)12/h3,5,7H,2,4,6H2,1H3,(H,11,12). The molecule has 0 radical (unpaired) electrons. The molecule has 64 valence electrons. The van der Waals surface area contributed by atoms with E-state index in [1.807, 2.05) is 13.0 Å². The Kier molecular flexibility index (Phi) is 1.75. The van der Waals surface area contributed by atoms with Crippen LogP contribution in [0.25, 0.3) is 0 Å². The van der Waals surface area contributed by atoms with Gasteiger partial charge in [-0.25, -0.2) is 0 Å². The summed E-state index contributed by atoms with van der Waals surface area (Å²) in [5.41, 5.74) is 2.48. The molecule has 0 aromatic carbocycles. The summed E-state index contributed by atoms with van der Waals surface area (Å²) < 4.78 is 0. The fourth-order valence-electron chi connectivity index (χ4n) is 1.77. The van der Waals surface area contributed by atoms with Crippen LogP contribution in [0.2, 0.25) is 0 Å². The first-order valence-electron chi connectivity index (χ1n) is 4.47. The number of hydrogen-bond acceptors (Lipinski definition) is 1. The van der Waals surface area contributed by atoms with Crippen molar-refractivity contribution < 1.29 is 4.79 Å². The summed E-state index contributed by atoms with van der Waals surface area (Å²) in [6.07, 6.45) is 7.35. The molecule has 1 heterocycles. The third-order valence-corrected chi connectivity index (χ3v) is 2.54. The predicted octanol–water partition coefficient (Wildman–Crippen LogP) is 1.75. The molecule has 0 bridgehead atoms. The lowest BCUT2D eigenvalue weighted by Crippen LogP contribution is -2.34. The zero-order chi connectivity index (χ0) is 8.55. The average molecular weight is 163 g/mol. The molecule has 1 atom stereocenters. The van der Waals surface area contributed by atoms with E-state index in [0.717, 1.165) is 25.0 Å². The number of amides is 1. The van der Waals surface area contributed by atoms with Crippen molar-refractivity contribution in [2.24, 2.45) is 5.92 Å². The van der Waals surface area contributed by atoms with E-state index in [1.54, 1.807) is 0 Å². The monoisotopic (exact) mass is 163 g/mol. The first kappa shape index (κ1) is 7.59. The van der Waals surface area contributed by atoms with E-state index in [9.17, 15) is 4.79 Å². The van der Waals surface area contributed by atoms with Gasteiger partial charge in [0.1, 0.15) is 0 Å². The van der Waals surface area contributed by atoms with E-state index in [-0.39, 0.29) is 11.8 Å². The summed E-state index contributed by atoms with van der Waals surface area (Å²) in [5.74, 6) is 0.329. The molecule has 0 fully saturated rings. The molecule has 0 aromatic rings. The minimum absolute atomic E-state index is 0.162. The van der Waals surface area contributed by atoms with E-state index in [4.69, 9.17) is 0 Å². The maximum absolute atomic E-state index is 11.3. The summed E-state index contributed by atoms with van der Waals surface area (Å²) in [6, 6.07) is 0. The first-order chi connectivity index (χ1) is 5.77. The normalized spacial score (nSPS) is 28.4. The number of carbonyl (C=O) groups excluding carboxylic acids is 1. The van der Waals surface area contributed by atoms with Crippen molar-refractivity contribution in [3.8, 4) is 0 Å². The molecule has 2 aliphatic rings. The van der Waals surface area contributed by atoms with Crippen LogP contribution in [-0.4, -0.2) is 5.91 Å². The molecule has 1 amide bonds. The second kappa shape index (κ2) is 2.77. The SMILES string of the molecule is CC1CC2=C(C=CCC2)NC1=O. The quantitative estimate of drug-likeness (QED) is 0.579. The van der Waals surface area contributed by atoms with Gasteiger partial charge in [-0.05, 0) is 30.9 Å². The highest BCUT2D eigenvalue weighted by atomic mass is 16.1. The molecule has 0 saturated heterocycles. The zero-order valence-electron chi connectivity index (χ0n) is 7.26. The number of hydrogen-bond donors (Lipinski definition) is 1. The van der Waals surface area contributed by atoms with Gasteiger partial charge < -0.3 is 5.32 Å². The molecular formula is C10H13NO. The van der Waals surface area contributed by atoms with Crippen LogP contribution in [0.1, 0.15) is 26.2 Å². The van der Waals surface area contributed by atoms with Crippen LogP contribution >= 0.6 is 0 Å². The summed E-state index contributed by atoms with van der Waals surface area (Å²) in [4.78, 5) is 11.3. The van der Waals surface area contributed by atoms with Crippen LogP contribution in [0.4, 0.5) is 0 Å². The van der Waals surface area contributed by atoms with Crippen molar-refractivity contribution >= 4 is 5.91 Å². The molecule has 1 N–H and O–H groups in total. The van der Waals surface area contributed by atoms with E-state index in [1.165, 1.54) is 5.57 Å². The lowest BCUT2D eigenvalue weighted by molar-refractivity contribution is -0.124. The Morgan fingerprint density at radius 2 is 2.42 bits per heavy atom. The molecule has 2 heteroatoms. The smallest absolute Gasteiger partial charge is 0.227 e. The topological polar surface area (TPSA) is 29.1 Å². The second-order valence-electron chi connectivity index (χ2n) is 3.55. The van der Waals surface area contributed by atoms with Crippen LogP contribution in [0.5, 0.6) is 0 Å². The lowest BCUT2D eigenvalue weighted by Gasteiger charge is -2.25. The maximum atomic E-state index is 11.3. The van der Waals surface area contributed by atoms with Gasteiger partial charge in [-0.1, -0.05) is 13.0 Å². The molecule has 0 spiro atoms. The lowest BCUT2D eigenvalue weighted by atomic mass is 9.89. The van der Waals surface area contributed by atoms with Crippen LogP contribution in [-0.2, 0) is 4.79 Å². The summed E-state index contributed by atoms with van der Waals surface area (Å²) >= 11 is 0. The van der Waals surface area contributed by atoms with Crippen molar-refractivity contribution in [1.82, 2.24) is 5.32 Å². The first-order valence-corrected chi connectivity index (χ1v) is 4.47. The van der Waals surface area contributed by atoms with E-state index in [2.05, 4.69) is 11.4 Å². The van der Waals surface area contributed by atoms with Crippen molar-refractivity contribution in [1.29, 1.82) is 0 Å². The molecule has 1 aliphatic heterocycles. The van der Waals surface area contributed by atoms with E-state index >= 15 is 0 Å². The molecule has 1 aliphatic carbocycles. The Balaban J connectivity index is 2.27. The second-order valence-corrected chi connectivity index (χ2v) is 3.55. The Morgan fingerprint density at radius 1 is 1.58 bits per heavy atom. The summed E-state index contributed by atoms with van der Waals surface area (Å²) in [7, 11) is 0. The molecule has 12 heavy (non-hydrogen) atoms. The van der Waals surface area contributed by atoms with Gasteiger partial charge in [0.2, 0.25) is 5.91 Å². The van der Waals surface area contributed by atoms with Gasteiger partial charge in [0.15, 0.2) is 0 Å². The Bertz CT molecular complexity index is 276. The predicted molar refractivity (Wildman–Crippen MR) is 47.3 cm³/mol. The fourth-order valence-corrected chi connectivity index (χ4v) is 1.77. The minimum Gasteiger partial charge on any atom is -0.326 e. The fraction of sp³-hybridized carbons (Fsp3) is 0.500. The maximum Gasteiger partial charge on any atom is 0.227 e. The summed E-state index contributed by atoms with van der Waals surface area (Å²) in [6.45, 7) is 1.98. The van der Waals surface area contributed by atoms with Gasteiger partial charge in [0, 0.05) is 11.6 Å². The van der Waals surface area contributed by atoms with Crippen molar-refractivity contribution in [2.45, 2.75) is 26.2 Å². The van der Waals surface area contributed by atoms with Gasteiger partial charge in [-0.2, -0.15) is 0 Å². The number of allylic oxidation sites excluding steroid dienone is 3. The molecule has 0 aromatic heterocycles. The van der Waals surface area contributed by atoms with Crippen molar-refractivity contribution in [2.75, 3.05) is 0 Å². The van der Waals surface area contributed by atoms with E-state index in [0.29, 0.717) is 0 Å². The van der Waals surface area contributed by atoms with Gasteiger partial charge in [-0.3, -0.25) is 4.79 Å². The van der Waals surface area contributed by atoms with Gasteiger partial charge in [-0.15, -0.1) is 0 Å². The highest BCUT2D eigenvalue weighted by Gasteiger charge is 2.23. The largest absolute Gasteiger partial charge is 0.326 e. The zero-order valence-corrected chi connectivity index (χ0v) is 7.26. The third kappa shape index (κ3) is 1.17. The summed E-state index contributed by atoms with van der Waals surface area (Å²) in [5, 5.41) is 2.92. The highest BCUT2D eigenvalue weighted by Crippen LogP contribution is 2.27. The van der Waals surface area contributed by atoms with E-state index < -0.39 is 0 Å². The molecule has 2 nitrogen and oxygen atoms in total. The highest BCUT2D eigenvalue weighted by molar-refractivity contribution is 5.82. The van der Waals surface area contributed by atoms with Crippen LogP contribution < -0.4 is 5.32 Å². The Hall–Kier alpha value is -1.05. The van der Waals surface area contributed by atoms with Crippen molar-refractivity contribution in [3.05, 3.63) is 23.4 Å². The van der Waals surface area contributed by atoms with Gasteiger partial charge >= 0.3 is 0 Å². The van der Waals surface area contributed by atoms with Crippen LogP contribution in [0, 0.1) is 5.92 Å². The molecule has 1 unspecified atom stereocenters. The van der Waals surface area contributed by atoms with Crippen molar-refractivity contribution in [3.63, 3.8) is 0 Å². The molecule has 0 saturated carbocycles. The van der Waals surface area contributed by atoms with Crippen LogP contribution in [0.3, 0.4) is 0 Å². The third-order valence-electron chi connectivity index (χ3n) is 2.54. The Morgan fingerprint density at radius 3 is 3.25 bits per heavy atom. The Labute approximate surface area is 72.3 Å². The average Bonchev–Trinajstić information content (AvgIpc) is 2.07. The van der Waals surface area contributed by atoms with Gasteiger partial charge in [0.25, 0.3) is 0 Å². The number of nitrogens with one attached hydrogen (secondary N) is 1. The molecule has 2 rings (SSSR count). The number of carbonyl (C=O) groups is 1.